The predicted molar refractivity (Wildman–Crippen MR) is 125 cm³/mol. The molecular weight excluding hydrogens is 446 g/mol. The van der Waals surface area contributed by atoms with Gasteiger partial charge in [-0.3, -0.25) is 9.48 Å². The van der Waals surface area contributed by atoms with Crippen LogP contribution < -0.4 is 16.4 Å². The number of nitrogens with zero attached hydrogens (tertiary/aromatic N) is 6. The normalized spacial score (nSPS) is 14.2. The molecule has 11 nitrogen and oxygen atoms in total. The van der Waals surface area contributed by atoms with Crippen molar-refractivity contribution in [2.24, 2.45) is 0 Å². The molecule has 0 atom stereocenters. The molecule has 33 heavy (non-hydrogen) atoms. The van der Waals surface area contributed by atoms with Crippen LogP contribution in [0.5, 0.6) is 0 Å². The molecule has 0 radical (unpaired) electrons. The van der Waals surface area contributed by atoms with Gasteiger partial charge in [-0.25, -0.2) is 14.3 Å². The average molecular weight is 472 g/mol. The molecule has 1 aliphatic carbocycles. The maximum atomic E-state index is 11.9. The van der Waals surface area contributed by atoms with Gasteiger partial charge < -0.3 is 21.1 Å². The van der Waals surface area contributed by atoms with Gasteiger partial charge in [0.15, 0.2) is 5.65 Å². The molecule has 0 aromatic carbocycles. The number of hydrogen-bond donors (Lipinski definition) is 3. The number of amides is 1. The fourth-order valence-electron chi connectivity index (χ4n) is 3.62. The summed E-state index contributed by atoms with van der Waals surface area (Å²) in [4.78, 5) is 19.9. The summed E-state index contributed by atoms with van der Waals surface area (Å²) in [5.74, 6) is 0.543. The van der Waals surface area contributed by atoms with Crippen molar-refractivity contribution in [2.75, 3.05) is 37.9 Å². The fourth-order valence-corrected chi connectivity index (χ4v) is 3.78. The lowest BCUT2D eigenvalue weighted by molar-refractivity contribution is -0.122. The first kappa shape index (κ1) is 22.8. The number of anilines is 2. The van der Waals surface area contributed by atoms with E-state index in [9.17, 15) is 4.79 Å². The number of carbonyl (C=O) groups is 1. The second-order valence-electron chi connectivity index (χ2n) is 8.11. The largest absolute Gasteiger partial charge is 0.392 e. The number of aromatic nitrogens is 5. The molecule has 0 aliphatic heterocycles. The zero-order chi connectivity index (χ0) is 23.6. The molecular formula is C21H26ClN9O2. The molecule has 12 heteroatoms. The predicted octanol–water partition coefficient (Wildman–Crippen LogP) is 2.32. The van der Waals surface area contributed by atoms with Gasteiger partial charge in [0.05, 0.1) is 30.1 Å². The minimum atomic E-state index is -0.149. The van der Waals surface area contributed by atoms with Crippen LogP contribution in [0.15, 0.2) is 12.3 Å². The van der Waals surface area contributed by atoms with Gasteiger partial charge in [-0.2, -0.15) is 10.2 Å². The SMILES string of the molecule is [C-]#[N+]c1c(NCCc2ccn(C3(CNC(=O)CCOC)CC3)n2)nc2c(Cl)c(C)nn2c1N. The van der Waals surface area contributed by atoms with E-state index < -0.39 is 0 Å². The van der Waals surface area contributed by atoms with Gasteiger partial charge in [-0.1, -0.05) is 11.6 Å². The number of hydrogen-bond acceptors (Lipinski definition) is 7. The van der Waals surface area contributed by atoms with Gasteiger partial charge in [0, 0.05) is 39.2 Å². The standard InChI is InChI=1S/C21H26ClN9O2/c1-13-16(22)20-27-19(17(24-2)18(23)31(20)28-13)25-9-4-14-5-10-30(29-14)21(7-8-21)12-26-15(32)6-11-33-3/h5,10H,4,6-9,11-12,23H2,1,3H3,(H,25,27)(H,26,32). The Morgan fingerprint density at radius 2 is 2.21 bits per heavy atom. The van der Waals surface area contributed by atoms with Crippen LogP contribution >= 0.6 is 11.6 Å². The molecule has 1 saturated carbocycles. The number of aryl methyl sites for hydroxylation is 1. The highest BCUT2D eigenvalue weighted by Crippen LogP contribution is 2.42. The summed E-state index contributed by atoms with van der Waals surface area (Å²) in [7, 11) is 1.58. The first-order chi connectivity index (χ1) is 15.9. The summed E-state index contributed by atoms with van der Waals surface area (Å²) in [5, 5.41) is 15.5. The Balaban J connectivity index is 1.39. The number of nitrogens with two attached hydrogens (primary N) is 1. The zero-order valence-corrected chi connectivity index (χ0v) is 19.3. The smallest absolute Gasteiger partial charge is 0.268 e. The molecule has 3 aromatic heterocycles. The summed E-state index contributed by atoms with van der Waals surface area (Å²) < 4.78 is 8.28. The Morgan fingerprint density at radius 3 is 2.91 bits per heavy atom. The fraction of sp³-hybridized carbons (Fsp3) is 0.476. The quantitative estimate of drug-likeness (QED) is 0.387. The minimum absolute atomic E-state index is 0.0208. The van der Waals surface area contributed by atoms with E-state index in [2.05, 4.69) is 25.6 Å². The lowest BCUT2D eigenvalue weighted by Crippen LogP contribution is -2.36. The van der Waals surface area contributed by atoms with E-state index in [0.717, 1.165) is 18.5 Å². The van der Waals surface area contributed by atoms with E-state index in [1.807, 2.05) is 16.9 Å². The molecule has 0 unspecified atom stereocenters. The van der Waals surface area contributed by atoms with E-state index in [4.69, 9.17) is 33.7 Å². The van der Waals surface area contributed by atoms with Crippen LogP contribution in [-0.4, -0.2) is 57.1 Å². The van der Waals surface area contributed by atoms with Crippen LogP contribution in [0.1, 0.15) is 30.7 Å². The van der Waals surface area contributed by atoms with Crippen molar-refractivity contribution < 1.29 is 9.53 Å². The second-order valence-corrected chi connectivity index (χ2v) is 8.49. The summed E-state index contributed by atoms with van der Waals surface area (Å²) in [6.07, 6.45) is 4.87. The van der Waals surface area contributed by atoms with Crippen LogP contribution in [0.25, 0.3) is 10.5 Å². The zero-order valence-electron chi connectivity index (χ0n) is 18.6. The molecule has 4 rings (SSSR count). The third-order valence-electron chi connectivity index (χ3n) is 5.77. The average Bonchev–Trinajstić information content (AvgIpc) is 3.35. The Kier molecular flexibility index (Phi) is 6.40. The van der Waals surface area contributed by atoms with E-state index >= 15 is 0 Å². The number of nitrogens with one attached hydrogen (secondary N) is 2. The van der Waals surface area contributed by atoms with Crippen LogP contribution in [0, 0.1) is 13.5 Å². The van der Waals surface area contributed by atoms with Crippen molar-refractivity contribution in [3.05, 3.63) is 40.1 Å². The molecule has 0 bridgehead atoms. The van der Waals surface area contributed by atoms with Gasteiger partial charge in [0.25, 0.3) is 5.69 Å². The van der Waals surface area contributed by atoms with Crippen molar-refractivity contribution >= 4 is 40.5 Å². The molecule has 3 aromatic rings. The summed E-state index contributed by atoms with van der Waals surface area (Å²) in [6.45, 7) is 10.7. The third-order valence-corrected chi connectivity index (χ3v) is 6.21. The maximum Gasteiger partial charge on any atom is 0.268 e. The number of rotatable bonds is 10. The van der Waals surface area contributed by atoms with Crippen molar-refractivity contribution in [3.63, 3.8) is 0 Å². The van der Waals surface area contributed by atoms with E-state index in [0.29, 0.717) is 54.7 Å². The Morgan fingerprint density at radius 1 is 1.42 bits per heavy atom. The summed E-state index contributed by atoms with van der Waals surface area (Å²) in [6, 6.07) is 1.96. The highest BCUT2D eigenvalue weighted by atomic mass is 35.5. The number of carbonyl (C=O) groups excluding carboxylic acids is 1. The monoisotopic (exact) mass is 471 g/mol. The second kappa shape index (κ2) is 9.25. The lowest BCUT2D eigenvalue weighted by Gasteiger charge is -2.17. The van der Waals surface area contributed by atoms with Gasteiger partial charge >= 0.3 is 0 Å². The molecule has 0 spiro atoms. The van der Waals surface area contributed by atoms with Crippen molar-refractivity contribution in [1.82, 2.24) is 29.7 Å². The molecule has 1 fully saturated rings. The van der Waals surface area contributed by atoms with Gasteiger partial charge in [0.2, 0.25) is 5.91 Å². The topological polar surface area (TPSA) is 129 Å². The summed E-state index contributed by atoms with van der Waals surface area (Å²) in [5.41, 5.74) is 8.08. The molecule has 1 aliphatic rings. The number of halogens is 1. The summed E-state index contributed by atoms with van der Waals surface area (Å²) >= 11 is 6.28. The Hall–Kier alpha value is -3.36. The molecule has 1 amide bonds. The van der Waals surface area contributed by atoms with Crippen molar-refractivity contribution in [2.45, 2.75) is 38.1 Å². The van der Waals surface area contributed by atoms with E-state index in [1.165, 1.54) is 4.52 Å². The van der Waals surface area contributed by atoms with Gasteiger partial charge in [0.1, 0.15) is 16.7 Å². The van der Waals surface area contributed by atoms with E-state index in [-0.39, 0.29) is 23.0 Å². The van der Waals surface area contributed by atoms with Crippen molar-refractivity contribution in [1.29, 1.82) is 0 Å². The third kappa shape index (κ3) is 4.58. The first-order valence-electron chi connectivity index (χ1n) is 10.6. The van der Waals surface area contributed by atoms with Crippen molar-refractivity contribution in [3.8, 4) is 0 Å². The molecule has 0 saturated heterocycles. The van der Waals surface area contributed by atoms with Crippen LogP contribution in [-0.2, 0) is 21.5 Å². The number of methoxy groups -OCH3 is 1. The van der Waals surface area contributed by atoms with Gasteiger partial charge in [-0.15, -0.1) is 0 Å². The number of fused-ring (bicyclic) bond motifs is 1. The Labute approximate surface area is 196 Å². The van der Waals surface area contributed by atoms with E-state index in [1.54, 1.807) is 14.0 Å². The minimum Gasteiger partial charge on any atom is -0.392 e. The Bertz CT molecular complexity index is 1220. The van der Waals surface area contributed by atoms with Crippen LogP contribution in [0.2, 0.25) is 5.02 Å². The van der Waals surface area contributed by atoms with Crippen LogP contribution in [0.3, 0.4) is 0 Å². The lowest BCUT2D eigenvalue weighted by atomic mass is 10.2. The highest BCUT2D eigenvalue weighted by molar-refractivity contribution is 6.34. The van der Waals surface area contributed by atoms with Gasteiger partial charge in [-0.05, 0) is 25.8 Å². The molecule has 3 heterocycles. The van der Waals surface area contributed by atoms with Crippen LogP contribution in [0.4, 0.5) is 17.3 Å². The maximum absolute atomic E-state index is 11.9. The highest BCUT2D eigenvalue weighted by Gasteiger charge is 2.45. The molecule has 4 N–H and O–H groups in total. The number of nitrogen functional groups attached to an aromatic ring is 1. The first-order valence-corrected chi connectivity index (χ1v) is 11.0. The molecule has 174 valence electrons. The number of ether oxygens (including phenoxy) is 1.